The minimum Gasteiger partial charge on any atom is -0.478 e. The third-order valence-electron chi connectivity index (χ3n) is 2.16. The van der Waals surface area contributed by atoms with Crippen molar-refractivity contribution in [3.05, 3.63) is 17.5 Å². The molecule has 2 N–H and O–H groups in total. The van der Waals surface area contributed by atoms with E-state index in [0.717, 1.165) is 0 Å². The number of hydrogen-bond donors (Lipinski definition) is 2. The highest BCUT2D eigenvalue weighted by atomic mass is 16.5. The van der Waals surface area contributed by atoms with Crippen molar-refractivity contribution in [2.24, 2.45) is 0 Å². The fourth-order valence-electron chi connectivity index (χ4n) is 1.08. The Bertz CT molecular complexity index is 382. The van der Waals surface area contributed by atoms with E-state index in [1.165, 1.54) is 6.20 Å². The van der Waals surface area contributed by atoms with Crippen LogP contribution in [0.4, 0.5) is 5.95 Å². The van der Waals surface area contributed by atoms with Gasteiger partial charge in [0.05, 0.1) is 17.4 Å². The summed E-state index contributed by atoms with van der Waals surface area (Å²) in [5.41, 5.74) is 0.556. The Kier molecular flexibility index (Phi) is 4.19. The zero-order valence-electron chi connectivity index (χ0n) is 9.52. The van der Waals surface area contributed by atoms with E-state index in [0.29, 0.717) is 18.2 Å². The molecule has 0 aliphatic rings. The summed E-state index contributed by atoms with van der Waals surface area (Å²) in [5, 5.41) is 11.8. The molecule has 0 amide bonds. The number of methoxy groups -OCH3 is 1. The molecule has 1 rings (SSSR count). The van der Waals surface area contributed by atoms with Gasteiger partial charge in [-0.05, 0) is 13.8 Å². The second kappa shape index (κ2) is 5.41. The van der Waals surface area contributed by atoms with Crippen LogP contribution in [0.2, 0.25) is 0 Å². The molecule has 0 aliphatic heterocycles. The first-order valence-corrected chi connectivity index (χ1v) is 4.88. The number of nitrogens with zero attached hydrogens (tertiary/aromatic N) is 2. The van der Waals surface area contributed by atoms with Crippen LogP contribution in [0, 0.1) is 6.92 Å². The van der Waals surface area contributed by atoms with Gasteiger partial charge in [0.25, 0.3) is 0 Å². The van der Waals surface area contributed by atoms with Gasteiger partial charge in [0.1, 0.15) is 0 Å². The van der Waals surface area contributed by atoms with Crippen molar-refractivity contribution in [2.75, 3.05) is 19.0 Å². The number of carboxylic acid groups (broad SMARTS) is 1. The summed E-state index contributed by atoms with van der Waals surface area (Å²) in [4.78, 5) is 18.7. The van der Waals surface area contributed by atoms with Crippen LogP contribution in [-0.4, -0.2) is 40.8 Å². The van der Waals surface area contributed by atoms with Crippen LogP contribution in [0.3, 0.4) is 0 Å². The normalized spacial score (nSPS) is 12.2. The number of nitrogens with one attached hydrogen (secondary N) is 1. The summed E-state index contributed by atoms with van der Waals surface area (Å²) in [6, 6.07) is 0. The van der Waals surface area contributed by atoms with Gasteiger partial charge < -0.3 is 15.2 Å². The summed E-state index contributed by atoms with van der Waals surface area (Å²) in [6.07, 6.45) is 1.34. The second-order valence-electron chi connectivity index (χ2n) is 3.43. The molecule has 0 saturated heterocycles. The van der Waals surface area contributed by atoms with E-state index in [4.69, 9.17) is 9.84 Å². The number of carboxylic acids is 1. The third-order valence-corrected chi connectivity index (χ3v) is 2.16. The molecule has 1 unspecified atom stereocenters. The lowest BCUT2D eigenvalue weighted by molar-refractivity contribution is 0.0695. The van der Waals surface area contributed by atoms with Crippen molar-refractivity contribution in [3.63, 3.8) is 0 Å². The zero-order valence-corrected chi connectivity index (χ0v) is 9.52. The number of aryl methyl sites for hydroxylation is 1. The van der Waals surface area contributed by atoms with Crippen LogP contribution in [0.1, 0.15) is 23.0 Å². The quantitative estimate of drug-likeness (QED) is 0.775. The average molecular weight is 225 g/mol. The molecule has 0 aliphatic carbocycles. The monoisotopic (exact) mass is 225 g/mol. The summed E-state index contributed by atoms with van der Waals surface area (Å²) >= 11 is 0. The Labute approximate surface area is 93.7 Å². The Morgan fingerprint density at radius 2 is 2.38 bits per heavy atom. The van der Waals surface area contributed by atoms with E-state index in [9.17, 15) is 4.79 Å². The van der Waals surface area contributed by atoms with Gasteiger partial charge in [0, 0.05) is 19.9 Å². The lowest BCUT2D eigenvalue weighted by Crippen LogP contribution is -2.19. The highest BCUT2D eigenvalue weighted by Crippen LogP contribution is 2.06. The molecule has 1 aromatic heterocycles. The van der Waals surface area contributed by atoms with Gasteiger partial charge in [-0.2, -0.15) is 0 Å². The largest absolute Gasteiger partial charge is 0.478 e. The first-order chi connectivity index (χ1) is 7.54. The van der Waals surface area contributed by atoms with Crippen LogP contribution in [-0.2, 0) is 4.74 Å². The maximum Gasteiger partial charge on any atom is 0.339 e. The van der Waals surface area contributed by atoms with E-state index in [-0.39, 0.29) is 11.7 Å². The fourth-order valence-corrected chi connectivity index (χ4v) is 1.08. The molecule has 0 bridgehead atoms. The molecule has 1 heterocycles. The average Bonchev–Trinajstić information content (AvgIpc) is 2.25. The van der Waals surface area contributed by atoms with Crippen molar-refractivity contribution in [1.82, 2.24) is 9.97 Å². The number of ether oxygens (including phenoxy) is 1. The smallest absolute Gasteiger partial charge is 0.339 e. The minimum absolute atomic E-state index is 0.0445. The molecule has 0 fully saturated rings. The number of hydrogen-bond acceptors (Lipinski definition) is 5. The zero-order chi connectivity index (χ0) is 12.1. The van der Waals surface area contributed by atoms with Crippen molar-refractivity contribution in [1.29, 1.82) is 0 Å². The number of rotatable bonds is 5. The summed E-state index contributed by atoms with van der Waals surface area (Å²) < 4.78 is 5.05. The van der Waals surface area contributed by atoms with Gasteiger partial charge in [-0.3, -0.25) is 0 Å². The molecule has 6 heteroatoms. The number of anilines is 1. The predicted molar refractivity (Wildman–Crippen MR) is 58.7 cm³/mol. The van der Waals surface area contributed by atoms with E-state index in [1.54, 1.807) is 14.0 Å². The number of aromatic carboxylic acids is 1. The van der Waals surface area contributed by atoms with Gasteiger partial charge in [-0.25, -0.2) is 14.8 Å². The molecule has 6 nitrogen and oxygen atoms in total. The molecule has 0 saturated carbocycles. The standard InChI is InChI=1S/C10H15N3O3/c1-6(16-3)4-11-10-12-5-8(9(14)15)7(2)13-10/h5-6H,4H2,1-3H3,(H,14,15)(H,11,12,13). The topological polar surface area (TPSA) is 84.3 Å². The van der Waals surface area contributed by atoms with Gasteiger partial charge >= 0.3 is 5.97 Å². The molecular weight excluding hydrogens is 210 g/mol. The van der Waals surface area contributed by atoms with Crippen LogP contribution >= 0.6 is 0 Å². The fraction of sp³-hybridized carbons (Fsp3) is 0.500. The molecule has 1 aromatic rings. The SMILES string of the molecule is COC(C)CNc1ncc(C(=O)O)c(C)n1. The van der Waals surface area contributed by atoms with Crippen molar-refractivity contribution in [3.8, 4) is 0 Å². The van der Waals surface area contributed by atoms with Gasteiger partial charge in [-0.1, -0.05) is 0 Å². The third kappa shape index (κ3) is 3.16. The Morgan fingerprint density at radius 3 is 2.88 bits per heavy atom. The van der Waals surface area contributed by atoms with Gasteiger partial charge in [0.15, 0.2) is 0 Å². The van der Waals surface area contributed by atoms with Crippen LogP contribution < -0.4 is 5.32 Å². The van der Waals surface area contributed by atoms with Crippen molar-refractivity contribution in [2.45, 2.75) is 20.0 Å². The molecular formula is C10H15N3O3. The van der Waals surface area contributed by atoms with Crippen molar-refractivity contribution >= 4 is 11.9 Å². The van der Waals surface area contributed by atoms with E-state index >= 15 is 0 Å². The Balaban J connectivity index is 2.70. The van der Waals surface area contributed by atoms with Crippen LogP contribution in [0.15, 0.2) is 6.20 Å². The maximum absolute atomic E-state index is 10.7. The van der Waals surface area contributed by atoms with E-state index in [2.05, 4.69) is 15.3 Å². The maximum atomic E-state index is 10.7. The predicted octanol–water partition coefficient (Wildman–Crippen LogP) is 0.930. The van der Waals surface area contributed by atoms with Crippen LogP contribution in [0.5, 0.6) is 0 Å². The molecule has 88 valence electrons. The first-order valence-electron chi connectivity index (χ1n) is 4.88. The number of aromatic nitrogens is 2. The van der Waals surface area contributed by atoms with E-state index < -0.39 is 5.97 Å². The number of carbonyl (C=O) groups is 1. The van der Waals surface area contributed by atoms with Gasteiger partial charge in [-0.15, -0.1) is 0 Å². The lowest BCUT2D eigenvalue weighted by atomic mass is 10.2. The Morgan fingerprint density at radius 1 is 1.69 bits per heavy atom. The molecule has 0 aromatic carbocycles. The van der Waals surface area contributed by atoms with Crippen molar-refractivity contribution < 1.29 is 14.6 Å². The minimum atomic E-state index is -1.02. The molecule has 0 radical (unpaired) electrons. The van der Waals surface area contributed by atoms with Crippen LogP contribution in [0.25, 0.3) is 0 Å². The Hall–Kier alpha value is -1.69. The highest BCUT2D eigenvalue weighted by molar-refractivity contribution is 5.88. The summed E-state index contributed by atoms with van der Waals surface area (Å²) in [7, 11) is 1.62. The highest BCUT2D eigenvalue weighted by Gasteiger charge is 2.10. The first kappa shape index (κ1) is 12.4. The molecule has 1 atom stereocenters. The summed E-state index contributed by atoms with van der Waals surface area (Å²) in [6.45, 7) is 4.11. The van der Waals surface area contributed by atoms with E-state index in [1.807, 2.05) is 6.92 Å². The second-order valence-corrected chi connectivity index (χ2v) is 3.43. The lowest BCUT2D eigenvalue weighted by Gasteiger charge is -2.11. The summed E-state index contributed by atoms with van der Waals surface area (Å²) in [5.74, 6) is -0.610. The molecule has 16 heavy (non-hydrogen) atoms. The van der Waals surface area contributed by atoms with Gasteiger partial charge in [0.2, 0.25) is 5.95 Å². The molecule has 0 spiro atoms.